The van der Waals surface area contributed by atoms with Crippen LogP contribution in [-0.4, -0.2) is 36.5 Å². The second-order valence-corrected chi connectivity index (χ2v) is 9.02. The second kappa shape index (κ2) is 10.3. The highest BCUT2D eigenvalue weighted by Crippen LogP contribution is 2.44. The number of aliphatic hydroxyl groups excluding tert-OH is 1. The van der Waals surface area contributed by atoms with Gasteiger partial charge in [0.25, 0.3) is 11.7 Å². The van der Waals surface area contributed by atoms with Crippen LogP contribution in [0.4, 0.5) is 5.69 Å². The molecule has 3 aromatic rings. The van der Waals surface area contributed by atoms with E-state index in [1.165, 1.54) is 18.1 Å². The summed E-state index contributed by atoms with van der Waals surface area (Å²) in [6.45, 7) is 7.54. The van der Waals surface area contributed by atoms with Crippen LogP contribution in [0, 0.1) is 20.8 Å². The van der Waals surface area contributed by atoms with Gasteiger partial charge in [-0.3, -0.25) is 14.5 Å². The van der Waals surface area contributed by atoms with E-state index < -0.39 is 23.7 Å². The van der Waals surface area contributed by atoms with Crippen molar-refractivity contribution < 1.29 is 29.0 Å². The topological polar surface area (TPSA) is 93.1 Å². The predicted octanol–water partition coefficient (Wildman–Crippen LogP) is 5.42. The first-order chi connectivity index (χ1) is 17.7. The van der Waals surface area contributed by atoms with Gasteiger partial charge in [0.05, 0.1) is 36.5 Å². The Kier molecular flexibility index (Phi) is 7.16. The molecule has 0 saturated carbocycles. The molecular formula is C30H29NO6. The number of methoxy groups -OCH3 is 1. The number of nitrogens with zero attached hydrogens (tertiary/aromatic N) is 1. The number of carbonyl (C=O) groups is 3. The summed E-state index contributed by atoms with van der Waals surface area (Å²) in [5, 5.41) is 11.6. The van der Waals surface area contributed by atoms with E-state index in [-0.39, 0.29) is 23.5 Å². The van der Waals surface area contributed by atoms with Gasteiger partial charge in [-0.25, -0.2) is 4.79 Å². The fourth-order valence-corrected chi connectivity index (χ4v) is 4.80. The van der Waals surface area contributed by atoms with E-state index in [1.54, 1.807) is 37.3 Å². The molecule has 190 valence electrons. The monoisotopic (exact) mass is 499 g/mol. The molecule has 1 aliphatic rings. The van der Waals surface area contributed by atoms with Crippen molar-refractivity contribution in [2.24, 2.45) is 0 Å². The zero-order valence-electron chi connectivity index (χ0n) is 21.5. The van der Waals surface area contributed by atoms with Gasteiger partial charge in [-0.05, 0) is 68.7 Å². The Morgan fingerprint density at radius 2 is 1.70 bits per heavy atom. The zero-order valence-corrected chi connectivity index (χ0v) is 21.5. The number of ether oxygens (including phenoxy) is 2. The van der Waals surface area contributed by atoms with Gasteiger partial charge < -0.3 is 14.6 Å². The quantitative estimate of drug-likeness (QED) is 0.211. The van der Waals surface area contributed by atoms with Crippen molar-refractivity contribution in [3.8, 4) is 5.75 Å². The molecule has 1 fully saturated rings. The molecule has 0 spiro atoms. The van der Waals surface area contributed by atoms with Crippen molar-refractivity contribution in [2.75, 3.05) is 18.6 Å². The average Bonchev–Trinajstić information content (AvgIpc) is 3.13. The van der Waals surface area contributed by atoms with Crippen LogP contribution in [0.2, 0.25) is 0 Å². The lowest BCUT2D eigenvalue weighted by molar-refractivity contribution is -0.132. The van der Waals surface area contributed by atoms with Gasteiger partial charge in [0, 0.05) is 5.69 Å². The fraction of sp³-hybridized carbons (Fsp3) is 0.233. The number of rotatable bonds is 6. The molecule has 0 bridgehead atoms. The van der Waals surface area contributed by atoms with E-state index in [0.717, 1.165) is 16.7 Å². The SMILES string of the molecule is CCOC(=O)c1cccc(N2C(=O)C(=O)/C(=C(/O)c3cc(C)cc(C)c3OC)C2c2cccc(C)c2)c1. The van der Waals surface area contributed by atoms with E-state index in [9.17, 15) is 19.5 Å². The summed E-state index contributed by atoms with van der Waals surface area (Å²) in [5.74, 6) is -2.07. The minimum atomic E-state index is -0.928. The molecule has 7 nitrogen and oxygen atoms in total. The smallest absolute Gasteiger partial charge is 0.338 e. The Balaban J connectivity index is 1.98. The minimum Gasteiger partial charge on any atom is -0.507 e. The third-order valence-corrected chi connectivity index (χ3v) is 6.32. The molecule has 1 saturated heterocycles. The number of aliphatic hydroxyl groups is 1. The molecule has 1 aliphatic heterocycles. The van der Waals surface area contributed by atoms with Crippen LogP contribution < -0.4 is 9.64 Å². The molecular weight excluding hydrogens is 470 g/mol. The lowest BCUT2D eigenvalue weighted by Gasteiger charge is -2.26. The molecule has 0 radical (unpaired) electrons. The second-order valence-electron chi connectivity index (χ2n) is 9.02. The molecule has 1 heterocycles. The third-order valence-electron chi connectivity index (χ3n) is 6.32. The Labute approximate surface area is 215 Å². The Bertz CT molecular complexity index is 1440. The third kappa shape index (κ3) is 4.72. The molecule has 7 heteroatoms. The van der Waals surface area contributed by atoms with Gasteiger partial charge in [-0.2, -0.15) is 0 Å². The van der Waals surface area contributed by atoms with Crippen molar-refractivity contribution in [3.05, 3.63) is 99.6 Å². The molecule has 1 unspecified atom stereocenters. The molecule has 37 heavy (non-hydrogen) atoms. The van der Waals surface area contributed by atoms with Crippen LogP contribution in [0.3, 0.4) is 0 Å². The average molecular weight is 500 g/mol. The largest absolute Gasteiger partial charge is 0.507 e. The van der Waals surface area contributed by atoms with Crippen molar-refractivity contribution in [1.82, 2.24) is 0 Å². The number of Topliss-reactive ketones (excluding diaryl/α,β-unsaturated/α-hetero) is 1. The molecule has 1 atom stereocenters. The number of aryl methyl sites for hydroxylation is 3. The molecule has 3 aromatic carbocycles. The maximum atomic E-state index is 13.5. The summed E-state index contributed by atoms with van der Waals surface area (Å²) in [4.78, 5) is 40.7. The number of benzene rings is 3. The van der Waals surface area contributed by atoms with Crippen LogP contribution in [0.25, 0.3) is 5.76 Å². The van der Waals surface area contributed by atoms with Gasteiger partial charge in [0.15, 0.2) is 0 Å². The normalized spacial score (nSPS) is 16.7. The molecule has 4 rings (SSSR count). The number of hydrogen-bond acceptors (Lipinski definition) is 6. The summed E-state index contributed by atoms with van der Waals surface area (Å²) in [6.07, 6.45) is 0. The summed E-state index contributed by atoms with van der Waals surface area (Å²) in [6, 6.07) is 16.5. The Morgan fingerprint density at radius 3 is 2.38 bits per heavy atom. The highest BCUT2D eigenvalue weighted by atomic mass is 16.5. The first kappa shape index (κ1) is 25.7. The Morgan fingerprint density at radius 1 is 0.973 bits per heavy atom. The predicted molar refractivity (Wildman–Crippen MR) is 141 cm³/mol. The van der Waals surface area contributed by atoms with Gasteiger partial charge in [-0.1, -0.05) is 42.0 Å². The van der Waals surface area contributed by atoms with Crippen molar-refractivity contribution in [1.29, 1.82) is 0 Å². The van der Waals surface area contributed by atoms with E-state index in [0.29, 0.717) is 22.6 Å². The minimum absolute atomic E-state index is 0.0552. The molecule has 1 N–H and O–H groups in total. The first-order valence-corrected chi connectivity index (χ1v) is 12.0. The summed E-state index contributed by atoms with van der Waals surface area (Å²) in [7, 11) is 1.49. The zero-order chi connectivity index (χ0) is 26.9. The maximum absolute atomic E-state index is 13.5. The number of esters is 1. The van der Waals surface area contributed by atoms with Crippen LogP contribution in [0.1, 0.15) is 51.1 Å². The number of anilines is 1. The lowest BCUT2D eigenvalue weighted by atomic mass is 9.93. The van der Waals surface area contributed by atoms with Crippen molar-refractivity contribution >= 4 is 29.1 Å². The van der Waals surface area contributed by atoms with Gasteiger partial charge in [-0.15, -0.1) is 0 Å². The summed E-state index contributed by atoms with van der Waals surface area (Å²) < 4.78 is 10.7. The van der Waals surface area contributed by atoms with Crippen LogP contribution >= 0.6 is 0 Å². The van der Waals surface area contributed by atoms with E-state index in [1.807, 2.05) is 45.0 Å². The molecule has 0 aliphatic carbocycles. The standard InChI is InChI=1S/C30H29NO6/c1-6-37-30(35)21-11-8-12-22(16-21)31-25(20-10-7-9-17(2)14-20)24(27(33)29(31)34)26(32)23-15-18(3)13-19(4)28(23)36-5/h7-16,25,32H,6H2,1-5H3/b26-24+. The first-order valence-electron chi connectivity index (χ1n) is 12.0. The summed E-state index contributed by atoms with van der Waals surface area (Å²) >= 11 is 0. The highest BCUT2D eigenvalue weighted by Gasteiger charge is 2.47. The molecule has 0 aromatic heterocycles. The Hall–Kier alpha value is -4.39. The van der Waals surface area contributed by atoms with E-state index >= 15 is 0 Å². The van der Waals surface area contributed by atoms with Gasteiger partial charge >= 0.3 is 5.97 Å². The lowest BCUT2D eigenvalue weighted by Crippen LogP contribution is -2.29. The van der Waals surface area contributed by atoms with Crippen molar-refractivity contribution in [3.63, 3.8) is 0 Å². The van der Waals surface area contributed by atoms with Crippen LogP contribution in [-0.2, 0) is 14.3 Å². The summed E-state index contributed by atoms with van der Waals surface area (Å²) in [5.41, 5.74) is 4.08. The molecule has 1 amide bonds. The number of hydrogen-bond donors (Lipinski definition) is 1. The maximum Gasteiger partial charge on any atom is 0.338 e. The highest BCUT2D eigenvalue weighted by molar-refractivity contribution is 6.51. The fourth-order valence-electron chi connectivity index (χ4n) is 4.80. The van der Waals surface area contributed by atoms with E-state index in [4.69, 9.17) is 9.47 Å². The number of ketones is 1. The van der Waals surface area contributed by atoms with Crippen LogP contribution in [0.15, 0.2) is 66.2 Å². The van der Waals surface area contributed by atoms with E-state index in [2.05, 4.69) is 0 Å². The van der Waals surface area contributed by atoms with Gasteiger partial charge in [0.2, 0.25) is 0 Å². The van der Waals surface area contributed by atoms with Gasteiger partial charge in [0.1, 0.15) is 11.5 Å². The van der Waals surface area contributed by atoms with Crippen LogP contribution in [0.5, 0.6) is 5.75 Å². The van der Waals surface area contributed by atoms with Crippen molar-refractivity contribution in [2.45, 2.75) is 33.7 Å². The number of amides is 1. The number of carbonyl (C=O) groups excluding carboxylic acids is 3.